The van der Waals surface area contributed by atoms with Crippen LogP contribution in [0.4, 0.5) is 9.59 Å². The fourth-order valence-electron chi connectivity index (χ4n) is 4.90. The second kappa shape index (κ2) is 4.50. The SMILES string of the molecule is CC(=O)OC1CN2C(=O)NC(=O)C3(C)C2C2N(C1)C(=O)NC(=O)C23C. The molecule has 134 valence electrons. The van der Waals surface area contributed by atoms with Crippen LogP contribution in [-0.2, 0) is 19.1 Å². The molecular formula is C15H18N4O6. The van der Waals surface area contributed by atoms with Crippen LogP contribution in [-0.4, -0.2) is 70.9 Å². The summed E-state index contributed by atoms with van der Waals surface area (Å²) in [5.41, 5.74) is -2.36. The number of carbonyl (C=O) groups excluding carboxylic acids is 5. The Hall–Kier alpha value is -2.65. The lowest BCUT2D eigenvalue weighted by atomic mass is 9.42. The minimum absolute atomic E-state index is 0.0451. The van der Waals surface area contributed by atoms with E-state index in [1.165, 1.54) is 16.7 Å². The maximum absolute atomic E-state index is 12.6. The van der Waals surface area contributed by atoms with Gasteiger partial charge in [-0.1, -0.05) is 0 Å². The van der Waals surface area contributed by atoms with Gasteiger partial charge in [0, 0.05) is 6.92 Å². The lowest BCUT2D eigenvalue weighted by Crippen LogP contribution is -2.90. The highest BCUT2D eigenvalue weighted by Crippen LogP contribution is 2.63. The van der Waals surface area contributed by atoms with Crippen molar-refractivity contribution < 1.29 is 28.7 Å². The molecule has 1 saturated carbocycles. The number of imide groups is 2. The zero-order valence-electron chi connectivity index (χ0n) is 14.0. The molecule has 3 aliphatic heterocycles. The number of nitrogens with zero attached hydrogens (tertiary/aromatic N) is 2. The second-order valence-corrected chi connectivity index (χ2v) is 7.35. The molecule has 1 aliphatic carbocycles. The highest BCUT2D eigenvalue weighted by atomic mass is 16.5. The normalized spacial score (nSPS) is 42.0. The van der Waals surface area contributed by atoms with Crippen LogP contribution in [0.1, 0.15) is 20.8 Å². The van der Waals surface area contributed by atoms with Crippen molar-refractivity contribution in [2.45, 2.75) is 39.0 Å². The third kappa shape index (κ3) is 1.62. The van der Waals surface area contributed by atoms with E-state index in [-0.39, 0.29) is 13.1 Å². The number of fused-ring (bicyclic) bond motifs is 1. The van der Waals surface area contributed by atoms with Gasteiger partial charge in [-0.15, -0.1) is 0 Å². The van der Waals surface area contributed by atoms with E-state index < -0.39 is 58.9 Å². The Morgan fingerprint density at radius 3 is 1.72 bits per heavy atom. The molecule has 0 aromatic carbocycles. The van der Waals surface area contributed by atoms with Gasteiger partial charge >= 0.3 is 18.0 Å². The van der Waals surface area contributed by atoms with E-state index in [0.29, 0.717) is 0 Å². The van der Waals surface area contributed by atoms with Crippen LogP contribution in [0.2, 0.25) is 0 Å². The minimum atomic E-state index is -1.18. The first-order valence-corrected chi connectivity index (χ1v) is 8.03. The molecular weight excluding hydrogens is 332 g/mol. The van der Waals surface area contributed by atoms with Crippen LogP contribution in [0, 0.1) is 10.8 Å². The summed E-state index contributed by atoms with van der Waals surface area (Å²) in [5.74, 6) is -1.60. The highest BCUT2D eigenvalue weighted by molar-refractivity contribution is 6.11. The molecule has 4 atom stereocenters. The summed E-state index contributed by atoms with van der Waals surface area (Å²) in [6.07, 6.45) is -0.741. The molecule has 4 rings (SSSR count). The standard InChI is InChI=1S/C15H18N4O6/c1-6(20)25-7-4-18-8-9-15(3,11(22)17-13(24)19(9)5-7)14(8,2)10(21)16-12(18)23/h7-9H,4-5H2,1-3H3,(H,16,21,23)(H,17,22,24). The molecule has 25 heavy (non-hydrogen) atoms. The largest absolute Gasteiger partial charge is 0.459 e. The van der Waals surface area contributed by atoms with Crippen LogP contribution in [0.5, 0.6) is 0 Å². The van der Waals surface area contributed by atoms with E-state index in [0.717, 1.165) is 0 Å². The molecule has 10 nitrogen and oxygen atoms in total. The number of hydrogen-bond acceptors (Lipinski definition) is 6. The van der Waals surface area contributed by atoms with E-state index in [9.17, 15) is 24.0 Å². The summed E-state index contributed by atoms with van der Waals surface area (Å²) in [6, 6.07) is -2.50. The molecule has 6 amide bonds. The van der Waals surface area contributed by atoms with E-state index in [4.69, 9.17) is 4.74 Å². The van der Waals surface area contributed by atoms with E-state index in [1.807, 2.05) is 0 Å². The molecule has 0 bridgehead atoms. The summed E-state index contributed by atoms with van der Waals surface area (Å²) >= 11 is 0. The maximum Gasteiger partial charge on any atom is 0.324 e. The fraction of sp³-hybridized carbons (Fsp3) is 0.667. The van der Waals surface area contributed by atoms with Crippen molar-refractivity contribution in [3.8, 4) is 0 Å². The fourth-order valence-corrected chi connectivity index (χ4v) is 4.90. The van der Waals surface area contributed by atoms with E-state index in [2.05, 4.69) is 10.6 Å². The zero-order chi connectivity index (χ0) is 18.3. The van der Waals surface area contributed by atoms with Crippen molar-refractivity contribution >= 4 is 29.8 Å². The van der Waals surface area contributed by atoms with Gasteiger partial charge in [-0.05, 0) is 13.8 Å². The number of carbonyl (C=O) groups is 5. The van der Waals surface area contributed by atoms with Crippen LogP contribution < -0.4 is 10.6 Å². The van der Waals surface area contributed by atoms with Gasteiger partial charge in [0.1, 0.15) is 6.10 Å². The topological polar surface area (TPSA) is 125 Å². The number of ether oxygens (including phenoxy) is 1. The summed E-state index contributed by atoms with van der Waals surface area (Å²) in [6.45, 7) is 4.59. The van der Waals surface area contributed by atoms with E-state index in [1.54, 1.807) is 13.8 Å². The number of hydrogen-bond donors (Lipinski definition) is 2. The summed E-state index contributed by atoms with van der Waals surface area (Å²) in [5, 5.41) is 4.59. The second-order valence-electron chi connectivity index (χ2n) is 7.35. The Kier molecular flexibility index (Phi) is 2.85. The molecule has 3 saturated heterocycles. The minimum Gasteiger partial charge on any atom is -0.459 e. The van der Waals surface area contributed by atoms with Crippen molar-refractivity contribution in [2.24, 2.45) is 10.8 Å². The number of urea groups is 2. The average Bonchev–Trinajstić information content (AvgIpc) is 2.67. The van der Waals surface area contributed by atoms with Crippen LogP contribution in [0.25, 0.3) is 0 Å². The van der Waals surface area contributed by atoms with Crippen molar-refractivity contribution in [3.63, 3.8) is 0 Å². The predicted octanol–water partition coefficient (Wildman–Crippen LogP) is -1.20. The molecule has 10 heteroatoms. The van der Waals surface area contributed by atoms with Crippen molar-refractivity contribution in [1.29, 1.82) is 0 Å². The highest BCUT2D eigenvalue weighted by Gasteiger charge is 2.81. The summed E-state index contributed by atoms with van der Waals surface area (Å²) in [7, 11) is 0. The smallest absolute Gasteiger partial charge is 0.324 e. The first kappa shape index (κ1) is 15.9. The summed E-state index contributed by atoms with van der Waals surface area (Å²) < 4.78 is 5.24. The van der Waals surface area contributed by atoms with Gasteiger partial charge in [-0.2, -0.15) is 0 Å². The Labute approximate surface area is 142 Å². The van der Waals surface area contributed by atoms with Gasteiger partial charge in [-0.25, -0.2) is 9.59 Å². The monoisotopic (exact) mass is 350 g/mol. The van der Waals surface area contributed by atoms with Crippen LogP contribution in [0.15, 0.2) is 0 Å². The van der Waals surface area contributed by atoms with Gasteiger partial charge < -0.3 is 14.5 Å². The third-order valence-corrected chi connectivity index (χ3v) is 6.27. The average molecular weight is 350 g/mol. The van der Waals surface area contributed by atoms with Gasteiger partial charge in [0.05, 0.1) is 36.0 Å². The van der Waals surface area contributed by atoms with Gasteiger partial charge in [0.15, 0.2) is 0 Å². The molecule has 3 heterocycles. The molecule has 0 radical (unpaired) electrons. The predicted molar refractivity (Wildman–Crippen MR) is 79.8 cm³/mol. The lowest BCUT2D eigenvalue weighted by Gasteiger charge is -2.70. The number of esters is 1. The van der Waals surface area contributed by atoms with E-state index >= 15 is 0 Å². The Balaban J connectivity index is 1.85. The third-order valence-electron chi connectivity index (χ3n) is 6.27. The van der Waals surface area contributed by atoms with Crippen molar-refractivity contribution in [3.05, 3.63) is 0 Å². The van der Waals surface area contributed by atoms with Gasteiger partial charge in [0.25, 0.3) is 0 Å². The molecule has 0 aromatic rings. The van der Waals surface area contributed by atoms with Crippen LogP contribution >= 0.6 is 0 Å². The molecule has 4 aliphatic rings. The molecule has 4 fully saturated rings. The van der Waals surface area contributed by atoms with Gasteiger partial charge in [0.2, 0.25) is 11.8 Å². The summed E-state index contributed by atoms with van der Waals surface area (Å²) in [4.78, 5) is 64.1. The number of nitrogens with one attached hydrogen (secondary N) is 2. The van der Waals surface area contributed by atoms with Crippen LogP contribution in [0.3, 0.4) is 0 Å². The molecule has 0 aromatic heterocycles. The maximum atomic E-state index is 12.6. The number of amides is 6. The molecule has 0 spiro atoms. The molecule has 4 unspecified atom stereocenters. The lowest BCUT2D eigenvalue weighted by molar-refractivity contribution is -0.209. The zero-order valence-corrected chi connectivity index (χ0v) is 14.0. The molecule has 2 N–H and O–H groups in total. The Bertz CT molecular complexity index is 698. The Morgan fingerprint density at radius 2 is 1.36 bits per heavy atom. The van der Waals surface area contributed by atoms with Crippen molar-refractivity contribution in [2.75, 3.05) is 13.1 Å². The first-order valence-electron chi connectivity index (χ1n) is 8.03. The van der Waals surface area contributed by atoms with Gasteiger partial charge in [-0.3, -0.25) is 25.0 Å². The quantitative estimate of drug-likeness (QED) is 0.572. The Morgan fingerprint density at radius 1 is 0.960 bits per heavy atom. The first-order chi connectivity index (χ1) is 11.6. The number of rotatable bonds is 1. The van der Waals surface area contributed by atoms with Crippen molar-refractivity contribution in [1.82, 2.24) is 20.4 Å².